The van der Waals surface area contributed by atoms with Crippen molar-refractivity contribution in [3.63, 3.8) is 0 Å². The predicted octanol–water partition coefficient (Wildman–Crippen LogP) is 4.59. The predicted molar refractivity (Wildman–Crippen MR) is 106 cm³/mol. The summed E-state index contributed by atoms with van der Waals surface area (Å²) >= 11 is 0. The molecule has 0 fully saturated rings. The first-order valence-corrected chi connectivity index (χ1v) is 8.89. The van der Waals surface area contributed by atoms with Crippen molar-refractivity contribution in [2.24, 2.45) is 0 Å². The number of rotatable bonds is 6. The third kappa shape index (κ3) is 5.74. The van der Waals surface area contributed by atoms with E-state index in [0.717, 1.165) is 22.4 Å². The number of hydrogen-bond donors (Lipinski definition) is 2. The Balaban J connectivity index is 2.03. The third-order valence-electron chi connectivity index (χ3n) is 3.96. The van der Waals surface area contributed by atoms with E-state index in [9.17, 15) is 9.59 Å². The van der Waals surface area contributed by atoms with Crippen molar-refractivity contribution in [1.29, 1.82) is 0 Å². The van der Waals surface area contributed by atoms with E-state index in [1.165, 1.54) is 0 Å². The summed E-state index contributed by atoms with van der Waals surface area (Å²) in [6, 6.07) is 10.9. The zero-order chi connectivity index (χ0) is 20.0. The molecule has 144 valence electrons. The van der Waals surface area contributed by atoms with Crippen molar-refractivity contribution in [2.75, 3.05) is 17.2 Å². The number of hydrogen-bond acceptors (Lipinski definition) is 4. The van der Waals surface area contributed by atoms with Gasteiger partial charge >= 0.3 is 6.09 Å². The monoisotopic (exact) mass is 370 g/mol. The number of ether oxygens (including phenoxy) is 2. The molecule has 0 aliphatic rings. The first-order chi connectivity index (χ1) is 12.8. The Bertz CT molecular complexity index is 810. The fourth-order valence-electron chi connectivity index (χ4n) is 2.79. The summed E-state index contributed by atoms with van der Waals surface area (Å²) in [5.41, 5.74) is 4.50. The molecule has 2 aromatic rings. The van der Waals surface area contributed by atoms with Crippen LogP contribution in [-0.4, -0.2) is 24.7 Å². The van der Waals surface area contributed by atoms with Crippen molar-refractivity contribution in [3.05, 3.63) is 53.1 Å². The van der Waals surface area contributed by atoms with Crippen LogP contribution in [0.25, 0.3) is 0 Å². The van der Waals surface area contributed by atoms with E-state index in [4.69, 9.17) is 9.47 Å². The van der Waals surface area contributed by atoms with Gasteiger partial charge in [-0.1, -0.05) is 23.8 Å². The van der Waals surface area contributed by atoms with Crippen molar-refractivity contribution >= 4 is 23.4 Å². The summed E-state index contributed by atoms with van der Waals surface area (Å²) in [5.74, 6) is 0.234. The normalized spacial score (nSPS) is 11.4. The highest BCUT2D eigenvalue weighted by Gasteiger charge is 2.17. The Morgan fingerprint density at radius 1 is 1.04 bits per heavy atom. The molecule has 2 N–H and O–H groups in total. The number of anilines is 2. The number of nitrogens with one attached hydrogen (secondary N) is 2. The lowest BCUT2D eigenvalue weighted by molar-refractivity contribution is -0.122. The Kier molecular flexibility index (Phi) is 6.82. The van der Waals surface area contributed by atoms with Gasteiger partial charge in [-0.3, -0.25) is 10.1 Å². The van der Waals surface area contributed by atoms with Gasteiger partial charge in [-0.15, -0.1) is 0 Å². The third-order valence-corrected chi connectivity index (χ3v) is 3.96. The van der Waals surface area contributed by atoms with Crippen LogP contribution in [0.15, 0.2) is 36.4 Å². The van der Waals surface area contributed by atoms with Gasteiger partial charge in [0.05, 0.1) is 6.61 Å². The topological polar surface area (TPSA) is 76.7 Å². The summed E-state index contributed by atoms with van der Waals surface area (Å²) in [5, 5.41) is 5.54. The van der Waals surface area contributed by atoms with Gasteiger partial charge in [0.2, 0.25) is 0 Å². The number of benzene rings is 2. The van der Waals surface area contributed by atoms with Gasteiger partial charge in [0, 0.05) is 17.4 Å². The first-order valence-electron chi connectivity index (χ1n) is 8.89. The van der Waals surface area contributed by atoms with E-state index in [2.05, 4.69) is 10.6 Å². The van der Waals surface area contributed by atoms with Crippen LogP contribution in [0.4, 0.5) is 16.2 Å². The second-order valence-electron chi connectivity index (χ2n) is 6.40. The molecule has 0 radical (unpaired) electrons. The number of carbonyl (C=O) groups is 2. The van der Waals surface area contributed by atoms with Crippen molar-refractivity contribution < 1.29 is 19.1 Å². The minimum Gasteiger partial charge on any atom is -0.481 e. The fraction of sp³-hybridized carbons (Fsp3) is 0.333. The van der Waals surface area contributed by atoms with E-state index in [1.54, 1.807) is 38.1 Å². The quantitative estimate of drug-likeness (QED) is 0.780. The van der Waals surface area contributed by atoms with Crippen molar-refractivity contribution in [3.8, 4) is 5.75 Å². The summed E-state index contributed by atoms with van der Waals surface area (Å²) in [7, 11) is 0. The Hall–Kier alpha value is -3.02. The number of aryl methyl sites for hydroxylation is 3. The standard InChI is InChI=1S/C21H26N2O4/c1-6-26-21(25)22-17-8-7-9-18(12-17)27-16(5)20(24)23-19-14(3)10-13(2)11-15(19)4/h7-12,16H,6H2,1-5H3,(H,22,25)(H,23,24). The molecule has 1 unspecified atom stereocenters. The lowest BCUT2D eigenvalue weighted by Gasteiger charge is -2.18. The van der Waals surface area contributed by atoms with Crippen LogP contribution in [0.5, 0.6) is 5.75 Å². The van der Waals surface area contributed by atoms with Gasteiger partial charge in [0.15, 0.2) is 6.10 Å². The molecule has 0 saturated heterocycles. The summed E-state index contributed by atoms with van der Waals surface area (Å²) in [6.07, 6.45) is -1.24. The first kappa shape index (κ1) is 20.3. The van der Waals surface area contributed by atoms with Gasteiger partial charge in [0.1, 0.15) is 5.75 Å². The second kappa shape index (κ2) is 9.07. The Morgan fingerprint density at radius 3 is 2.33 bits per heavy atom. The van der Waals surface area contributed by atoms with Crippen LogP contribution in [-0.2, 0) is 9.53 Å². The van der Waals surface area contributed by atoms with E-state index in [0.29, 0.717) is 11.4 Å². The second-order valence-corrected chi connectivity index (χ2v) is 6.40. The molecule has 0 saturated carbocycles. The maximum absolute atomic E-state index is 12.5. The Labute approximate surface area is 159 Å². The molecule has 6 nitrogen and oxygen atoms in total. The van der Waals surface area contributed by atoms with Gasteiger partial charge < -0.3 is 14.8 Å². The van der Waals surface area contributed by atoms with E-state index >= 15 is 0 Å². The summed E-state index contributed by atoms with van der Waals surface area (Å²) in [6.45, 7) is 9.65. The number of carbonyl (C=O) groups excluding carboxylic acids is 2. The largest absolute Gasteiger partial charge is 0.481 e. The Morgan fingerprint density at radius 2 is 1.70 bits per heavy atom. The molecular weight excluding hydrogens is 344 g/mol. The molecule has 0 aromatic heterocycles. The van der Waals surface area contributed by atoms with Gasteiger partial charge in [-0.05, 0) is 57.9 Å². The average molecular weight is 370 g/mol. The molecule has 27 heavy (non-hydrogen) atoms. The molecule has 2 amide bonds. The van der Waals surface area contributed by atoms with Gasteiger partial charge in [-0.25, -0.2) is 4.79 Å². The zero-order valence-electron chi connectivity index (χ0n) is 16.4. The van der Waals surface area contributed by atoms with Gasteiger partial charge in [-0.2, -0.15) is 0 Å². The van der Waals surface area contributed by atoms with E-state index in [1.807, 2.05) is 32.9 Å². The minimum absolute atomic E-state index is 0.242. The molecule has 0 aliphatic carbocycles. The van der Waals surface area contributed by atoms with Gasteiger partial charge in [0.25, 0.3) is 5.91 Å². The van der Waals surface area contributed by atoms with E-state index in [-0.39, 0.29) is 12.5 Å². The molecule has 0 aliphatic heterocycles. The zero-order valence-corrected chi connectivity index (χ0v) is 16.4. The SMILES string of the molecule is CCOC(=O)Nc1cccc(OC(C)C(=O)Nc2c(C)cc(C)cc2C)c1. The van der Waals surface area contributed by atoms with Crippen molar-refractivity contribution in [1.82, 2.24) is 0 Å². The highest BCUT2D eigenvalue weighted by Crippen LogP contribution is 2.23. The number of amides is 2. The molecule has 0 spiro atoms. The van der Waals surface area contributed by atoms with Crippen molar-refractivity contribution in [2.45, 2.75) is 40.7 Å². The average Bonchev–Trinajstić information content (AvgIpc) is 2.58. The highest BCUT2D eigenvalue weighted by molar-refractivity contribution is 5.95. The molecule has 0 heterocycles. The lowest BCUT2D eigenvalue weighted by atomic mass is 10.0. The van der Waals surface area contributed by atoms with Crippen LogP contribution >= 0.6 is 0 Å². The maximum Gasteiger partial charge on any atom is 0.411 e. The molecule has 6 heteroatoms. The summed E-state index contributed by atoms with van der Waals surface area (Å²) < 4.78 is 10.6. The smallest absolute Gasteiger partial charge is 0.411 e. The fourth-order valence-corrected chi connectivity index (χ4v) is 2.79. The van der Waals surface area contributed by atoms with Crippen LogP contribution in [0, 0.1) is 20.8 Å². The summed E-state index contributed by atoms with van der Waals surface area (Å²) in [4.78, 5) is 24.0. The minimum atomic E-state index is -0.706. The van der Waals surface area contributed by atoms with Crippen LogP contribution in [0.3, 0.4) is 0 Å². The van der Waals surface area contributed by atoms with Crippen LogP contribution in [0.2, 0.25) is 0 Å². The lowest BCUT2D eigenvalue weighted by Crippen LogP contribution is -2.30. The molecule has 0 bridgehead atoms. The molecule has 2 aromatic carbocycles. The van der Waals surface area contributed by atoms with Crippen LogP contribution in [0.1, 0.15) is 30.5 Å². The highest BCUT2D eigenvalue weighted by atomic mass is 16.5. The molecule has 2 rings (SSSR count). The maximum atomic E-state index is 12.5. The molecular formula is C21H26N2O4. The van der Waals surface area contributed by atoms with E-state index < -0.39 is 12.2 Å². The molecule has 1 atom stereocenters. The van der Waals surface area contributed by atoms with Crippen LogP contribution < -0.4 is 15.4 Å².